The Morgan fingerprint density at radius 1 is 1.15 bits per heavy atom. The molecule has 0 spiro atoms. The van der Waals surface area contributed by atoms with Crippen molar-refractivity contribution in [3.63, 3.8) is 0 Å². The van der Waals surface area contributed by atoms with E-state index in [1.807, 2.05) is 17.9 Å². The third-order valence-electron chi connectivity index (χ3n) is 4.84. The van der Waals surface area contributed by atoms with E-state index in [1.54, 1.807) is 0 Å². The zero-order valence-corrected chi connectivity index (χ0v) is 12.3. The molecule has 0 aliphatic heterocycles. The van der Waals surface area contributed by atoms with Gasteiger partial charge in [-0.25, -0.2) is 0 Å². The Balaban J connectivity index is 2.08. The predicted molar refractivity (Wildman–Crippen MR) is 81.6 cm³/mol. The van der Waals surface area contributed by atoms with Crippen molar-refractivity contribution in [1.29, 1.82) is 0 Å². The molecular formula is C17H23N3. The van der Waals surface area contributed by atoms with Crippen LogP contribution in [0.4, 0.5) is 0 Å². The molecule has 1 aromatic heterocycles. The second-order valence-electron chi connectivity index (χ2n) is 5.83. The summed E-state index contributed by atoms with van der Waals surface area (Å²) in [6, 6.07) is 13.4. The largest absolute Gasteiger partial charge is 0.311 e. The van der Waals surface area contributed by atoms with Gasteiger partial charge < -0.3 is 5.32 Å². The molecule has 1 N–H and O–H groups in total. The number of aromatic nitrogens is 2. The second-order valence-corrected chi connectivity index (χ2v) is 5.83. The number of hydrogen-bond donors (Lipinski definition) is 1. The number of likely N-dealkylation sites (N-methyl/N-ethyl adjacent to an activating group) is 1. The van der Waals surface area contributed by atoms with E-state index in [4.69, 9.17) is 0 Å². The maximum Gasteiger partial charge on any atom is 0.0587 e. The number of rotatable bonds is 4. The lowest BCUT2D eigenvalue weighted by atomic mass is 9.71. The van der Waals surface area contributed by atoms with Gasteiger partial charge in [0.15, 0.2) is 0 Å². The number of hydrogen-bond acceptors (Lipinski definition) is 2. The van der Waals surface area contributed by atoms with Crippen LogP contribution in [0.1, 0.15) is 43.0 Å². The van der Waals surface area contributed by atoms with E-state index in [1.165, 1.54) is 36.9 Å². The summed E-state index contributed by atoms with van der Waals surface area (Å²) in [4.78, 5) is 0. The molecule has 0 bridgehead atoms. The summed E-state index contributed by atoms with van der Waals surface area (Å²) in [6.45, 7) is 0. The summed E-state index contributed by atoms with van der Waals surface area (Å²) in [5.41, 5.74) is 2.93. The van der Waals surface area contributed by atoms with E-state index in [0.717, 1.165) is 0 Å². The average Bonchev–Trinajstić information content (AvgIpc) is 3.12. The van der Waals surface area contributed by atoms with Crippen LogP contribution in [0.15, 0.2) is 42.6 Å². The van der Waals surface area contributed by atoms with Crippen LogP contribution in [0.25, 0.3) is 0 Å². The third-order valence-corrected chi connectivity index (χ3v) is 4.84. The topological polar surface area (TPSA) is 29.9 Å². The van der Waals surface area contributed by atoms with Crippen LogP contribution in [-0.4, -0.2) is 16.8 Å². The van der Waals surface area contributed by atoms with Crippen molar-refractivity contribution in [2.24, 2.45) is 7.05 Å². The van der Waals surface area contributed by atoms with Crippen LogP contribution >= 0.6 is 0 Å². The molecule has 1 aliphatic carbocycles. The standard InChI is InChI=1S/C17H23N3/c1-18-16(15-10-13-19-20(15)2)17(11-6-7-12-17)14-8-4-3-5-9-14/h3-5,8-10,13,16,18H,6-7,11-12H2,1-2H3. The number of nitrogens with zero attached hydrogens (tertiary/aromatic N) is 2. The van der Waals surface area contributed by atoms with E-state index < -0.39 is 0 Å². The van der Waals surface area contributed by atoms with Gasteiger partial charge in [-0.3, -0.25) is 4.68 Å². The Morgan fingerprint density at radius 2 is 1.85 bits per heavy atom. The lowest BCUT2D eigenvalue weighted by Crippen LogP contribution is -2.39. The summed E-state index contributed by atoms with van der Waals surface area (Å²) in [7, 11) is 4.11. The van der Waals surface area contributed by atoms with Crippen molar-refractivity contribution in [2.45, 2.75) is 37.1 Å². The van der Waals surface area contributed by atoms with Gasteiger partial charge >= 0.3 is 0 Å². The summed E-state index contributed by atoms with van der Waals surface area (Å²) < 4.78 is 2.00. The van der Waals surface area contributed by atoms with Gasteiger partial charge in [0, 0.05) is 18.7 Å². The zero-order valence-electron chi connectivity index (χ0n) is 12.3. The van der Waals surface area contributed by atoms with E-state index in [2.05, 4.69) is 53.9 Å². The molecule has 1 saturated carbocycles. The fraction of sp³-hybridized carbons (Fsp3) is 0.471. The van der Waals surface area contributed by atoms with Crippen LogP contribution in [0, 0.1) is 0 Å². The molecule has 1 aromatic carbocycles. The van der Waals surface area contributed by atoms with Crippen molar-refractivity contribution >= 4 is 0 Å². The minimum atomic E-state index is 0.198. The normalized spacial score (nSPS) is 19.1. The first-order valence-corrected chi connectivity index (χ1v) is 7.48. The molecule has 3 nitrogen and oxygen atoms in total. The first-order valence-electron chi connectivity index (χ1n) is 7.48. The van der Waals surface area contributed by atoms with E-state index >= 15 is 0 Å². The second kappa shape index (κ2) is 5.41. The monoisotopic (exact) mass is 269 g/mol. The summed E-state index contributed by atoms with van der Waals surface area (Å²) in [5.74, 6) is 0. The van der Waals surface area contributed by atoms with Crippen LogP contribution in [0.5, 0.6) is 0 Å². The van der Waals surface area contributed by atoms with Crippen LogP contribution in [-0.2, 0) is 12.5 Å². The quantitative estimate of drug-likeness (QED) is 0.923. The molecule has 1 aliphatic rings. The fourth-order valence-electron chi connectivity index (χ4n) is 3.89. The maximum atomic E-state index is 4.36. The van der Waals surface area contributed by atoms with Gasteiger partial charge in [-0.2, -0.15) is 5.10 Å². The predicted octanol–water partition coefficient (Wildman–Crippen LogP) is 3.19. The highest BCUT2D eigenvalue weighted by Crippen LogP contribution is 2.49. The molecule has 20 heavy (non-hydrogen) atoms. The van der Waals surface area contributed by atoms with Crippen molar-refractivity contribution in [1.82, 2.24) is 15.1 Å². The summed E-state index contributed by atoms with van der Waals surface area (Å²) in [6.07, 6.45) is 7.00. The summed E-state index contributed by atoms with van der Waals surface area (Å²) >= 11 is 0. The molecular weight excluding hydrogens is 246 g/mol. The first-order chi connectivity index (χ1) is 9.78. The van der Waals surface area contributed by atoms with E-state index in [9.17, 15) is 0 Å². The highest BCUT2D eigenvalue weighted by Gasteiger charge is 2.43. The molecule has 1 fully saturated rings. The average molecular weight is 269 g/mol. The number of benzene rings is 1. The smallest absolute Gasteiger partial charge is 0.0587 e. The minimum Gasteiger partial charge on any atom is -0.311 e. The molecule has 1 atom stereocenters. The van der Waals surface area contributed by atoms with Crippen LogP contribution in [0.2, 0.25) is 0 Å². The van der Waals surface area contributed by atoms with Gasteiger partial charge in [0.25, 0.3) is 0 Å². The fourth-order valence-corrected chi connectivity index (χ4v) is 3.89. The third kappa shape index (κ3) is 2.06. The van der Waals surface area contributed by atoms with Crippen molar-refractivity contribution in [2.75, 3.05) is 7.05 Å². The van der Waals surface area contributed by atoms with Gasteiger partial charge in [0.2, 0.25) is 0 Å². The van der Waals surface area contributed by atoms with Gasteiger partial charge in [-0.1, -0.05) is 43.2 Å². The SMILES string of the molecule is CNC(c1ccnn1C)C1(c2ccccc2)CCCC1. The molecule has 2 aromatic rings. The Bertz CT molecular complexity index is 553. The summed E-state index contributed by atoms with van der Waals surface area (Å²) in [5, 5.41) is 7.92. The molecule has 106 valence electrons. The molecule has 1 unspecified atom stereocenters. The lowest BCUT2D eigenvalue weighted by molar-refractivity contribution is 0.302. The van der Waals surface area contributed by atoms with Gasteiger partial charge in [0.1, 0.15) is 0 Å². The van der Waals surface area contributed by atoms with E-state index in [-0.39, 0.29) is 5.41 Å². The van der Waals surface area contributed by atoms with E-state index in [0.29, 0.717) is 6.04 Å². The van der Waals surface area contributed by atoms with Gasteiger partial charge in [0.05, 0.1) is 11.7 Å². The Labute approximate surface area is 121 Å². The molecule has 3 rings (SSSR count). The van der Waals surface area contributed by atoms with Crippen molar-refractivity contribution in [3.05, 3.63) is 53.9 Å². The van der Waals surface area contributed by atoms with Gasteiger partial charge in [-0.05, 0) is 31.5 Å². The molecule has 0 saturated heterocycles. The minimum absolute atomic E-state index is 0.198. The highest BCUT2D eigenvalue weighted by atomic mass is 15.3. The van der Waals surface area contributed by atoms with Crippen LogP contribution < -0.4 is 5.32 Å². The Hall–Kier alpha value is -1.61. The number of nitrogens with one attached hydrogen (secondary N) is 1. The lowest BCUT2D eigenvalue weighted by Gasteiger charge is -2.38. The Kier molecular flexibility index (Phi) is 3.62. The maximum absolute atomic E-state index is 4.36. The van der Waals surface area contributed by atoms with Crippen molar-refractivity contribution < 1.29 is 0 Å². The van der Waals surface area contributed by atoms with Crippen LogP contribution in [0.3, 0.4) is 0 Å². The Morgan fingerprint density at radius 3 is 2.40 bits per heavy atom. The molecule has 0 amide bonds. The zero-order chi connectivity index (χ0) is 14.0. The molecule has 0 radical (unpaired) electrons. The van der Waals surface area contributed by atoms with Gasteiger partial charge in [-0.15, -0.1) is 0 Å². The highest BCUT2D eigenvalue weighted by molar-refractivity contribution is 5.32. The first kappa shape index (κ1) is 13.4. The van der Waals surface area contributed by atoms with Crippen molar-refractivity contribution in [3.8, 4) is 0 Å². The molecule has 3 heteroatoms. The number of aryl methyl sites for hydroxylation is 1. The molecule has 1 heterocycles.